The second kappa shape index (κ2) is 8.14. The van der Waals surface area contributed by atoms with E-state index >= 15 is 0 Å². The summed E-state index contributed by atoms with van der Waals surface area (Å²) >= 11 is 0. The van der Waals surface area contributed by atoms with Crippen LogP contribution in [0.1, 0.15) is 34.8 Å². The van der Waals surface area contributed by atoms with Crippen molar-refractivity contribution in [3.63, 3.8) is 0 Å². The number of benzene rings is 2. The van der Waals surface area contributed by atoms with Crippen molar-refractivity contribution in [2.45, 2.75) is 18.9 Å². The molecule has 5 nitrogen and oxygen atoms in total. The standard InChI is InChI=1S/C20H25N3O2/c1-25-18-8-6-15(7-9-18)20(24)22-17-5-2-4-16(14-17)19(21)10-13-23-11-3-12-23/h2,4-9,14,19H,3,10-13,21H2,1H3,(H,22,24). The van der Waals surface area contributed by atoms with Gasteiger partial charge >= 0.3 is 0 Å². The average molecular weight is 339 g/mol. The summed E-state index contributed by atoms with van der Waals surface area (Å²) in [5.41, 5.74) is 8.71. The molecule has 0 bridgehead atoms. The molecule has 3 N–H and O–H groups in total. The van der Waals surface area contributed by atoms with Crippen molar-refractivity contribution >= 4 is 11.6 Å². The third-order valence-electron chi connectivity index (χ3n) is 4.63. The third kappa shape index (κ3) is 4.59. The minimum atomic E-state index is -0.144. The number of nitrogens with two attached hydrogens (primary N) is 1. The van der Waals surface area contributed by atoms with E-state index in [1.807, 2.05) is 24.3 Å². The SMILES string of the molecule is COc1ccc(C(=O)Nc2cccc(C(N)CCN3CCC3)c2)cc1. The number of rotatable bonds is 7. The molecule has 1 saturated heterocycles. The van der Waals surface area contributed by atoms with Crippen LogP contribution in [0, 0.1) is 0 Å². The van der Waals surface area contributed by atoms with Gasteiger partial charge in [-0.3, -0.25) is 4.79 Å². The molecule has 1 fully saturated rings. The van der Waals surface area contributed by atoms with Crippen molar-refractivity contribution in [3.05, 3.63) is 59.7 Å². The van der Waals surface area contributed by atoms with Gasteiger partial charge in [-0.2, -0.15) is 0 Å². The van der Waals surface area contributed by atoms with Crippen molar-refractivity contribution in [2.24, 2.45) is 5.73 Å². The number of hydrogen-bond donors (Lipinski definition) is 2. The smallest absolute Gasteiger partial charge is 0.255 e. The molecule has 2 aromatic carbocycles. The van der Waals surface area contributed by atoms with Crippen LogP contribution in [0.25, 0.3) is 0 Å². The largest absolute Gasteiger partial charge is 0.497 e. The van der Waals surface area contributed by atoms with Crippen molar-refractivity contribution in [2.75, 3.05) is 32.1 Å². The molecule has 1 amide bonds. The highest BCUT2D eigenvalue weighted by Crippen LogP contribution is 2.21. The number of hydrogen-bond acceptors (Lipinski definition) is 4. The summed E-state index contributed by atoms with van der Waals surface area (Å²) < 4.78 is 5.11. The van der Waals surface area contributed by atoms with Crippen LogP contribution in [0.2, 0.25) is 0 Å². The first-order valence-corrected chi connectivity index (χ1v) is 8.69. The fourth-order valence-corrected chi connectivity index (χ4v) is 2.89. The highest BCUT2D eigenvalue weighted by molar-refractivity contribution is 6.04. The monoisotopic (exact) mass is 339 g/mol. The van der Waals surface area contributed by atoms with Gasteiger partial charge in [-0.05, 0) is 74.4 Å². The van der Waals surface area contributed by atoms with E-state index in [4.69, 9.17) is 10.5 Å². The van der Waals surface area contributed by atoms with Gasteiger partial charge in [0.15, 0.2) is 0 Å². The molecule has 1 aliphatic rings. The summed E-state index contributed by atoms with van der Waals surface area (Å²) in [6.45, 7) is 3.40. The first-order valence-electron chi connectivity index (χ1n) is 8.69. The summed E-state index contributed by atoms with van der Waals surface area (Å²) in [7, 11) is 1.60. The summed E-state index contributed by atoms with van der Waals surface area (Å²) in [4.78, 5) is 14.8. The molecule has 0 radical (unpaired) electrons. The van der Waals surface area contributed by atoms with E-state index in [1.165, 1.54) is 19.5 Å². The molecular weight excluding hydrogens is 314 g/mol. The Morgan fingerprint density at radius 2 is 2.00 bits per heavy atom. The van der Waals surface area contributed by atoms with Crippen LogP contribution in [0.4, 0.5) is 5.69 Å². The number of anilines is 1. The molecule has 25 heavy (non-hydrogen) atoms. The van der Waals surface area contributed by atoms with Gasteiger partial charge in [0, 0.05) is 17.3 Å². The van der Waals surface area contributed by atoms with E-state index in [9.17, 15) is 4.79 Å². The molecule has 1 unspecified atom stereocenters. The van der Waals surface area contributed by atoms with Gasteiger partial charge in [-0.1, -0.05) is 12.1 Å². The van der Waals surface area contributed by atoms with Crippen LogP contribution in [-0.2, 0) is 0 Å². The maximum absolute atomic E-state index is 12.4. The zero-order chi connectivity index (χ0) is 17.6. The highest BCUT2D eigenvalue weighted by Gasteiger charge is 2.15. The quantitative estimate of drug-likeness (QED) is 0.814. The Bertz CT molecular complexity index is 711. The molecular formula is C20H25N3O2. The number of nitrogens with one attached hydrogen (secondary N) is 1. The van der Waals surface area contributed by atoms with Crippen LogP contribution in [-0.4, -0.2) is 37.6 Å². The predicted octanol–water partition coefficient (Wildman–Crippen LogP) is 3.04. The summed E-state index contributed by atoms with van der Waals surface area (Å²) in [6, 6.07) is 14.8. The Balaban J connectivity index is 1.60. The molecule has 0 saturated carbocycles. The lowest BCUT2D eigenvalue weighted by Gasteiger charge is -2.31. The van der Waals surface area contributed by atoms with E-state index in [1.54, 1.807) is 31.4 Å². The molecule has 0 aromatic heterocycles. The van der Waals surface area contributed by atoms with E-state index < -0.39 is 0 Å². The highest BCUT2D eigenvalue weighted by atomic mass is 16.5. The van der Waals surface area contributed by atoms with E-state index in [0.717, 1.165) is 30.0 Å². The van der Waals surface area contributed by atoms with Gasteiger partial charge in [-0.25, -0.2) is 0 Å². The summed E-state index contributed by atoms with van der Waals surface area (Å²) in [6.07, 6.45) is 2.22. The van der Waals surface area contributed by atoms with Crippen LogP contribution in [0.5, 0.6) is 5.75 Å². The molecule has 0 aliphatic carbocycles. The van der Waals surface area contributed by atoms with Crippen LogP contribution in [0.3, 0.4) is 0 Å². The molecule has 132 valence electrons. The lowest BCUT2D eigenvalue weighted by atomic mass is 10.0. The van der Waals surface area contributed by atoms with Gasteiger partial charge in [0.2, 0.25) is 0 Å². The third-order valence-corrected chi connectivity index (χ3v) is 4.63. The van der Waals surface area contributed by atoms with Gasteiger partial charge in [0.05, 0.1) is 7.11 Å². The van der Waals surface area contributed by atoms with Crippen LogP contribution in [0.15, 0.2) is 48.5 Å². The van der Waals surface area contributed by atoms with E-state index in [2.05, 4.69) is 10.2 Å². The zero-order valence-electron chi connectivity index (χ0n) is 14.6. The first-order chi connectivity index (χ1) is 12.2. The molecule has 1 heterocycles. The Labute approximate surface area is 148 Å². The molecule has 5 heteroatoms. The first kappa shape index (κ1) is 17.5. The maximum Gasteiger partial charge on any atom is 0.255 e. The second-order valence-corrected chi connectivity index (χ2v) is 6.40. The van der Waals surface area contributed by atoms with Crippen molar-refractivity contribution in [1.82, 2.24) is 4.90 Å². The lowest BCUT2D eigenvalue weighted by molar-refractivity contribution is 0.102. The number of nitrogens with zero attached hydrogens (tertiary/aromatic N) is 1. The number of carbonyl (C=O) groups is 1. The van der Waals surface area contributed by atoms with Crippen molar-refractivity contribution in [3.8, 4) is 5.75 Å². The molecule has 1 atom stereocenters. The minimum absolute atomic E-state index is 0.0153. The Morgan fingerprint density at radius 3 is 2.64 bits per heavy atom. The number of ether oxygens (including phenoxy) is 1. The predicted molar refractivity (Wildman–Crippen MR) is 100.0 cm³/mol. The van der Waals surface area contributed by atoms with Gasteiger partial charge < -0.3 is 20.7 Å². The van der Waals surface area contributed by atoms with Gasteiger partial charge in [0.1, 0.15) is 5.75 Å². The normalized spacial score (nSPS) is 15.3. The second-order valence-electron chi connectivity index (χ2n) is 6.40. The Morgan fingerprint density at radius 1 is 1.24 bits per heavy atom. The molecule has 0 spiro atoms. The summed E-state index contributed by atoms with van der Waals surface area (Å²) in [5.74, 6) is 0.584. The zero-order valence-corrected chi connectivity index (χ0v) is 14.6. The topological polar surface area (TPSA) is 67.6 Å². The lowest BCUT2D eigenvalue weighted by Crippen LogP contribution is -2.38. The van der Waals surface area contributed by atoms with Crippen molar-refractivity contribution in [1.29, 1.82) is 0 Å². The van der Waals surface area contributed by atoms with Gasteiger partial charge in [0.25, 0.3) is 5.91 Å². The number of carbonyl (C=O) groups excluding carboxylic acids is 1. The summed E-state index contributed by atoms with van der Waals surface area (Å²) in [5, 5.41) is 2.93. The fourth-order valence-electron chi connectivity index (χ4n) is 2.89. The average Bonchev–Trinajstić information content (AvgIpc) is 2.60. The Kier molecular flexibility index (Phi) is 5.68. The van der Waals surface area contributed by atoms with E-state index in [-0.39, 0.29) is 11.9 Å². The molecule has 3 rings (SSSR count). The van der Waals surface area contributed by atoms with Crippen molar-refractivity contribution < 1.29 is 9.53 Å². The van der Waals surface area contributed by atoms with E-state index in [0.29, 0.717) is 5.56 Å². The van der Waals surface area contributed by atoms with Gasteiger partial charge in [-0.15, -0.1) is 0 Å². The number of likely N-dealkylation sites (tertiary alicyclic amines) is 1. The molecule has 1 aliphatic heterocycles. The fraction of sp³-hybridized carbons (Fsp3) is 0.350. The number of amides is 1. The minimum Gasteiger partial charge on any atom is -0.497 e. The van der Waals surface area contributed by atoms with Crippen LogP contribution >= 0.6 is 0 Å². The Hall–Kier alpha value is -2.37. The molecule has 2 aromatic rings. The maximum atomic E-state index is 12.4. The van der Waals surface area contributed by atoms with Crippen LogP contribution < -0.4 is 15.8 Å². The number of methoxy groups -OCH3 is 1.